The minimum Gasteiger partial charge on any atom is -0.357 e. The molecule has 1 amide bonds. The second-order valence-electron chi connectivity index (χ2n) is 8.65. The number of aliphatic imine (C=N–C) groups is 1. The molecule has 5 nitrogen and oxygen atoms in total. The van der Waals surface area contributed by atoms with Crippen LogP contribution in [0.2, 0.25) is 0 Å². The highest BCUT2D eigenvalue weighted by molar-refractivity contribution is 14.0. The second-order valence-corrected chi connectivity index (χ2v) is 8.65. The molecule has 1 atom stereocenters. The van der Waals surface area contributed by atoms with Crippen molar-refractivity contribution in [2.45, 2.75) is 45.7 Å². The maximum Gasteiger partial charge on any atom is 0.222 e. The molecule has 172 valence electrons. The van der Waals surface area contributed by atoms with Gasteiger partial charge in [0, 0.05) is 39.1 Å². The van der Waals surface area contributed by atoms with E-state index in [-0.39, 0.29) is 29.9 Å². The number of hydrogen-bond donors (Lipinski definition) is 1. The van der Waals surface area contributed by atoms with Gasteiger partial charge in [0.15, 0.2) is 5.96 Å². The molecule has 2 aliphatic heterocycles. The number of likely N-dealkylation sites (tertiary alicyclic amines) is 2. The fourth-order valence-electron chi connectivity index (χ4n) is 4.67. The first-order chi connectivity index (χ1) is 15.2. The lowest BCUT2D eigenvalue weighted by Gasteiger charge is -2.22. The third-order valence-corrected chi connectivity index (χ3v) is 6.34. The van der Waals surface area contributed by atoms with Gasteiger partial charge < -0.3 is 15.1 Å². The van der Waals surface area contributed by atoms with Crippen molar-refractivity contribution < 1.29 is 4.79 Å². The van der Waals surface area contributed by atoms with Crippen molar-refractivity contribution in [3.05, 3.63) is 71.3 Å². The highest BCUT2D eigenvalue weighted by Gasteiger charge is 2.25. The lowest BCUT2D eigenvalue weighted by atomic mass is 9.99. The van der Waals surface area contributed by atoms with Gasteiger partial charge in [0.2, 0.25) is 5.91 Å². The molecule has 0 aromatic heterocycles. The molecule has 2 aliphatic rings. The van der Waals surface area contributed by atoms with Crippen molar-refractivity contribution in [3.8, 4) is 0 Å². The number of benzene rings is 2. The van der Waals surface area contributed by atoms with Gasteiger partial charge in [-0.2, -0.15) is 0 Å². The largest absolute Gasteiger partial charge is 0.357 e. The van der Waals surface area contributed by atoms with E-state index in [2.05, 4.69) is 71.7 Å². The smallest absolute Gasteiger partial charge is 0.222 e. The van der Waals surface area contributed by atoms with Crippen LogP contribution >= 0.6 is 24.0 Å². The summed E-state index contributed by atoms with van der Waals surface area (Å²) in [4.78, 5) is 21.4. The molecule has 2 heterocycles. The maximum absolute atomic E-state index is 12.1. The molecule has 0 aliphatic carbocycles. The Labute approximate surface area is 209 Å². The van der Waals surface area contributed by atoms with Gasteiger partial charge in [0.05, 0.1) is 6.54 Å². The summed E-state index contributed by atoms with van der Waals surface area (Å²) >= 11 is 0. The van der Waals surface area contributed by atoms with Crippen molar-refractivity contribution in [2.24, 2.45) is 10.9 Å². The first-order valence-corrected chi connectivity index (χ1v) is 11.6. The van der Waals surface area contributed by atoms with Gasteiger partial charge in [-0.1, -0.05) is 54.6 Å². The summed E-state index contributed by atoms with van der Waals surface area (Å²) in [5, 5.41) is 3.49. The Morgan fingerprint density at radius 3 is 2.53 bits per heavy atom. The normalized spacial score (nSPS) is 18.7. The molecule has 2 saturated heterocycles. The summed E-state index contributed by atoms with van der Waals surface area (Å²) in [7, 11) is 0. The summed E-state index contributed by atoms with van der Waals surface area (Å²) in [6, 6.07) is 19.2. The van der Waals surface area contributed by atoms with Crippen LogP contribution in [0.1, 0.15) is 42.9 Å². The van der Waals surface area contributed by atoms with Gasteiger partial charge in [-0.3, -0.25) is 4.79 Å². The van der Waals surface area contributed by atoms with E-state index in [0.29, 0.717) is 25.4 Å². The standard InChI is InChI=1S/C26H34N4O.HI/c1-2-27-26(30-16-14-22(19-30)17-21-9-4-3-5-10-21)28-18-23-11-6-7-12-24(23)20-29-15-8-13-25(29)31;/h3-7,9-12,22H,2,8,13-20H2,1H3,(H,27,28);1H. The van der Waals surface area contributed by atoms with Gasteiger partial charge in [-0.05, 0) is 48.8 Å². The summed E-state index contributed by atoms with van der Waals surface area (Å²) in [5.41, 5.74) is 3.83. The summed E-state index contributed by atoms with van der Waals surface area (Å²) in [5.74, 6) is 1.94. The van der Waals surface area contributed by atoms with E-state index < -0.39 is 0 Å². The van der Waals surface area contributed by atoms with E-state index >= 15 is 0 Å². The number of nitrogens with one attached hydrogen (secondary N) is 1. The van der Waals surface area contributed by atoms with Crippen LogP contribution in [-0.4, -0.2) is 47.8 Å². The van der Waals surface area contributed by atoms with Crippen LogP contribution in [0.4, 0.5) is 0 Å². The van der Waals surface area contributed by atoms with Crippen LogP contribution in [0.3, 0.4) is 0 Å². The minimum absolute atomic E-state index is 0. The van der Waals surface area contributed by atoms with E-state index in [1.54, 1.807) is 0 Å². The fourth-order valence-corrected chi connectivity index (χ4v) is 4.67. The third kappa shape index (κ3) is 6.47. The zero-order valence-electron chi connectivity index (χ0n) is 19.0. The zero-order valence-corrected chi connectivity index (χ0v) is 21.3. The molecule has 1 N–H and O–H groups in total. The predicted octanol–water partition coefficient (Wildman–Crippen LogP) is 4.46. The lowest BCUT2D eigenvalue weighted by Crippen LogP contribution is -2.40. The van der Waals surface area contributed by atoms with Gasteiger partial charge in [-0.15, -0.1) is 24.0 Å². The molecule has 32 heavy (non-hydrogen) atoms. The second kappa shape index (κ2) is 12.2. The average Bonchev–Trinajstić information content (AvgIpc) is 3.42. The average molecular weight is 546 g/mol. The Kier molecular flexibility index (Phi) is 9.38. The van der Waals surface area contributed by atoms with E-state index in [9.17, 15) is 4.79 Å². The number of halogens is 1. The molecule has 6 heteroatoms. The number of amides is 1. The van der Waals surface area contributed by atoms with Crippen LogP contribution in [0.25, 0.3) is 0 Å². The molecule has 0 radical (unpaired) electrons. The Morgan fingerprint density at radius 2 is 1.81 bits per heavy atom. The molecule has 1 unspecified atom stereocenters. The molecule has 2 aromatic rings. The van der Waals surface area contributed by atoms with Gasteiger partial charge in [0.1, 0.15) is 0 Å². The van der Waals surface area contributed by atoms with Crippen molar-refractivity contribution in [1.29, 1.82) is 0 Å². The molecule has 4 rings (SSSR count). The van der Waals surface area contributed by atoms with E-state index in [1.807, 2.05) is 4.90 Å². The molecule has 2 fully saturated rings. The van der Waals surface area contributed by atoms with Gasteiger partial charge in [-0.25, -0.2) is 4.99 Å². The molecule has 0 spiro atoms. The highest BCUT2D eigenvalue weighted by Crippen LogP contribution is 2.22. The van der Waals surface area contributed by atoms with Crippen molar-refractivity contribution >= 4 is 35.8 Å². The molecule has 0 bridgehead atoms. The van der Waals surface area contributed by atoms with Gasteiger partial charge >= 0.3 is 0 Å². The van der Waals surface area contributed by atoms with Crippen molar-refractivity contribution in [2.75, 3.05) is 26.2 Å². The number of hydrogen-bond acceptors (Lipinski definition) is 2. The number of carbonyl (C=O) groups excluding carboxylic acids is 1. The molecular formula is C26H35IN4O. The molecule has 0 saturated carbocycles. The first-order valence-electron chi connectivity index (χ1n) is 11.6. The maximum atomic E-state index is 12.1. The Hall–Kier alpha value is -2.09. The Balaban J connectivity index is 0.00000289. The number of rotatable bonds is 7. The number of guanidine groups is 1. The van der Waals surface area contributed by atoms with Crippen LogP contribution in [-0.2, 0) is 24.3 Å². The number of carbonyl (C=O) groups is 1. The van der Waals surface area contributed by atoms with E-state index in [1.165, 1.54) is 23.1 Å². The zero-order chi connectivity index (χ0) is 21.5. The van der Waals surface area contributed by atoms with Crippen LogP contribution in [0.15, 0.2) is 59.6 Å². The lowest BCUT2D eigenvalue weighted by molar-refractivity contribution is -0.128. The van der Waals surface area contributed by atoms with Crippen LogP contribution in [0, 0.1) is 5.92 Å². The predicted molar refractivity (Wildman–Crippen MR) is 141 cm³/mol. The topological polar surface area (TPSA) is 47.9 Å². The van der Waals surface area contributed by atoms with Crippen molar-refractivity contribution in [3.63, 3.8) is 0 Å². The quantitative estimate of drug-likeness (QED) is 0.317. The highest BCUT2D eigenvalue weighted by atomic mass is 127. The van der Waals surface area contributed by atoms with E-state index in [4.69, 9.17) is 4.99 Å². The van der Waals surface area contributed by atoms with Gasteiger partial charge in [0.25, 0.3) is 0 Å². The SMILES string of the molecule is CCNC(=NCc1ccccc1CN1CCCC1=O)N1CCC(Cc2ccccc2)C1.I. The summed E-state index contributed by atoms with van der Waals surface area (Å²) in [6.45, 7) is 7.29. The number of nitrogens with zero attached hydrogens (tertiary/aromatic N) is 3. The Bertz CT molecular complexity index is 902. The minimum atomic E-state index is 0. The first kappa shape index (κ1) is 24.6. The van der Waals surface area contributed by atoms with Crippen LogP contribution < -0.4 is 5.32 Å². The fraction of sp³-hybridized carbons (Fsp3) is 0.462. The summed E-state index contributed by atoms with van der Waals surface area (Å²) < 4.78 is 0. The van der Waals surface area contributed by atoms with E-state index in [0.717, 1.165) is 45.0 Å². The Morgan fingerprint density at radius 1 is 1.06 bits per heavy atom. The third-order valence-electron chi connectivity index (χ3n) is 6.34. The monoisotopic (exact) mass is 546 g/mol. The molecular weight excluding hydrogens is 511 g/mol. The van der Waals surface area contributed by atoms with Crippen LogP contribution in [0.5, 0.6) is 0 Å². The molecule has 2 aromatic carbocycles. The summed E-state index contributed by atoms with van der Waals surface area (Å²) in [6.07, 6.45) is 3.99. The van der Waals surface area contributed by atoms with Crippen molar-refractivity contribution in [1.82, 2.24) is 15.1 Å².